The molecule has 1 aliphatic heterocycles. The summed E-state index contributed by atoms with van der Waals surface area (Å²) in [7, 11) is 0. The van der Waals surface area contributed by atoms with Crippen LogP contribution < -0.4 is 0 Å². The van der Waals surface area contributed by atoms with Gasteiger partial charge in [-0.15, -0.1) is 0 Å². The molecular formula is C19H23NO5. The molecule has 1 saturated heterocycles. The molecular weight excluding hydrogens is 322 g/mol. The van der Waals surface area contributed by atoms with E-state index >= 15 is 0 Å². The molecule has 0 atom stereocenters. The fourth-order valence-electron chi connectivity index (χ4n) is 2.63. The van der Waals surface area contributed by atoms with E-state index in [0.717, 1.165) is 5.56 Å². The Morgan fingerprint density at radius 3 is 2.44 bits per heavy atom. The lowest BCUT2D eigenvalue weighted by atomic mass is 9.97. The zero-order valence-corrected chi connectivity index (χ0v) is 14.3. The number of nitrogens with zero attached hydrogens (tertiary/aromatic N) is 1. The maximum Gasteiger partial charge on any atom is 0.331 e. The maximum atomic E-state index is 12.1. The summed E-state index contributed by atoms with van der Waals surface area (Å²) in [5.74, 6) is -1.16. The van der Waals surface area contributed by atoms with Crippen LogP contribution >= 0.6 is 0 Å². The normalized spacial score (nSPS) is 15.2. The van der Waals surface area contributed by atoms with Gasteiger partial charge in [0.25, 0.3) is 5.91 Å². The van der Waals surface area contributed by atoms with E-state index in [0.29, 0.717) is 32.5 Å². The van der Waals surface area contributed by atoms with E-state index in [9.17, 15) is 14.4 Å². The largest absolute Gasteiger partial charge is 0.466 e. The van der Waals surface area contributed by atoms with Crippen LogP contribution in [0.4, 0.5) is 0 Å². The van der Waals surface area contributed by atoms with Crippen molar-refractivity contribution in [2.75, 3.05) is 26.3 Å². The molecule has 0 spiro atoms. The standard InChI is InChI=1S/C19H23NO5/c1-2-24-19(23)16-10-12-20(13-11-16)17(21)14-25-18(22)9-8-15-6-4-3-5-7-15/h3-9,16H,2,10-14H2,1H3. The Bertz CT molecular complexity index is 618. The number of hydrogen-bond acceptors (Lipinski definition) is 5. The number of rotatable bonds is 6. The predicted molar refractivity (Wildman–Crippen MR) is 92.4 cm³/mol. The van der Waals surface area contributed by atoms with E-state index in [1.54, 1.807) is 17.9 Å². The molecule has 0 aromatic heterocycles. The summed E-state index contributed by atoms with van der Waals surface area (Å²) in [6, 6.07) is 9.35. The number of esters is 2. The van der Waals surface area contributed by atoms with Crippen molar-refractivity contribution >= 4 is 23.9 Å². The van der Waals surface area contributed by atoms with Crippen LogP contribution in [0.3, 0.4) is 0 Å². The van der Waals surface area contributed by atoms with E-state index < -0.39 is 5.97 Å². The molecule has 0 radical (unpaired) electrons. The number of carbonyl (C=O) groups is 3. The zero-order chi connectivity index (χ0) is 18.1. The van der Waals surface area contributed by atoms with Crippen LogP contribution in [0.15, 0.2) is 36.4 Å². The van der Waals surface area contributed by atoms with E-state index in [-0.39, 0.29) is 24.4 Å². The maximum absolute atomic E-state index is 12.1. The average Bonchev–Trinajstić information content (AvgIpc) is 2.65. The minimum Gasteiger partial charge on any atom is -0.466 e. The van der Waals surface area contributed by atoms with Gasteiger partial charge in [-0.05, 0) is 31.4 Å². The summed E-state index contributed by atoms with van der Waals surface area (Å²) in [4.78, 5) is 37.1. The molecule has 2 rings (SSSR count). The van der Waals surface area contributed by atoms with Crippen molar-refractivity contribution in [3.8, 4) is 0 Å². The van der Waals surface area contributed by atoms with Crippen molar-refractivity contribution in [3.05, 3.63) is 42.0 Å². The number of piperidine rings is 1. The molecule has 1 aromatic carbocycles. The third kappa shape index (κ3) is 6.06. The van der Waals surface area contributed by atoms with E-state index in [2.05, 4.69) is 0 Å². The number of carbonyl (C=O) groups excluding carboxylic acids is 3. The van der Waals surface area contributed by atoms with Crippen molar-refractivity contribution in [1.29, 1.82) is 0 Å². The van der Waals surface area contributed by atoms with Gasteiger partial charge < -0.3 is 14.4 Å². The average molecular weight is 345 g/mol. The first kappa shape index (κ1) is 18.7. The minimum atomic E-state index is -0.557. The Hall–Kier alpha value is -2.63. The van der Waals surface area contributed by atoms with Gasteiger partial charge >= 0.3 is 11.9 Å². The quantitative estimate of drug-likeness (QED) is 0.583. The predicted octanol–water partition coefficient (Wildman–Crippen LogP) is 2.04. The van der Waals surface area contributed by atoms with Crippen molar-refractivity contribution in [2.45, 2.75) is 19.8 Å². The van der Waals surface area contributed by atoms with Gasteiger partial charge in [0, 0.05) is 19.2 Å². The zero-order valence-electron chi connectivity index (χ0n) is 14.3. The summed E-state index contributed by atoms with van der Waals surface area (Å²) < 4.78 is 9.98. The molecule has 134 valence electrons. The second-order valence-corrected chi connectivity index (χ2v) is 5.76. The fourth-order valence-corrected chi connectivity index (χ4v) is 2.63. The Morgan fingerprint density at radius 2 is 1.80 bits per heavy atom. The van der Waals surface area contributed by atoms with Crippen LogP contribution in [0, 0.1) is 5.92 Å². The molecule has 25 heavy (non-hydrogen) atoms. The number of benzene rings is 1. The third-order valence-corrected chi connectivity index (χ3v) is 4.02. The van der Waals surface area contributed by atoms with Gasteiger partial charge in [-0.3, -0.25) is 9.59 Å². The summed E-state index contributed by atoms with van der Waals surface area (Å²) in [5, 5.41) is 0. The molecule has 1 heterocycles. The first-order chi connectivity index (χ1) is 12.1. The molecule has 1 amide bonds. The van der Waals surface area contributed by atoms with Crippen molar-refractivity contribution in [1.82, 2.24) is 4.90 Å². The van der Waals surface area contributed by atoms with Gasteiger partial charge in [0.1, 0.15) is 0 Å². The van der Waals surface area contributed by atoms with Gasteiger partial charge in [-0.25, -0.2) is 4.79 Å². The first-order valence-corrected chi connectivity index (χ1v) is 8.44. The molecule has 6 nitrogen and oxygen atoms in total. The van der Waals surface area contributed by atoms with E-state index in [1.165, 1.54) is 6.08 Å². The first-order valence-electron chi connectivity index (χ1n) is 8.44. The molecule has 1 fully saturated rings. The van der Waals surface area contributed by atoms with Gasteiger partial charge in [-0.1, -0.05) is 30.3 Å². The fraction of sp³-hybridized carbons (Fsp3) is 0.421. The lowest BCUT2D eigenvalue weighted by Gasteiger charge is -2.30. The Kier molecular flexibility index (Phi) is 7.19. The molecule has 0 saturated carbocycles. The highest BCUT2D eigenvalue weighted by molar-refractivity contribution is 5.89. The van der Waals surface area contributed by atoms with Crippen LogP contribution in [0.2, 0.25) is 0 Å². The smallest absolute Gasteiger partial charge is 0.331 e. The third-order valence-electron chi connectivity index (χ3n) is 4.02. The van der Waals surface area contributed by atoms with Crippen LogP contribution in [0.1, 0.15) is 25.3 Å². The number of likely N-dealkylation sites (tertiary alicyclic amines) is 1. The summed E-state index contributed by atoms with van der Waals surface area (Å²) in [5.41, 5.74) is 0.881. The highest BCUT2D eigenvalue weighted by Crippen LogP contribution is 2.18. The van der Waals surface area contributed by atoms with Crippen molar-refractivity contribution in [3.63, 3.8) is 0 Å². The molecule has 6 heteroatoms. The highest BCUT2D eigenvalue weighted by atomic mass is 16.5. The Balaban J connectivity index is 1.71. The minimum absolute atomic E-state index is 0.152. The number of ether oxygens (including phenoxy) is 2. The highest BCUT2D eigenvalue weighted by Gasteiger charge is 2.28. The van der Waals surface area contributed by atoms with Gasteiger partial charge in [0.2, 0.25) is 0 Å². The summed E-state index contributed by atoms with van der Waals surface area (Å²) in [6.07, 6.45) is 4.09. The molecule has 1 aromatic rings. The summed E-state index contributed by atoms with van der Waals surface area (Å²) >= 11 is 0. The van der Waals surface area contributed by atoms with Crippen molar-refractivity contribution in [2.24, 2.45) is 5.92 Å². The molecule has 0 aliphatic carbocycles. The summed E-state index contributed by atoms with van der Waals surface area (Å²) in [6.45, 7) is 2.79. The lowest BCUT2D eigenvalue weighted by molar-refractivity contribution is -0.153. The second kappa shape index (κ2) is 9.61. The van der Waals surface area contributed by atoms with Crippen LogP contribution in [-0.2, 0) is 23.9 Å². The molecule has 0 N–H and O–H groups in total. The molecule has 1 aliphatic rings. The van der Waals surface area contributed by atoms with Gasteiger partial charge in [0.15, 0.2) is 6.61 Å². The van der Waals surface area contributed by atoms with Crippen LogP contribution in [0.5, 0.6) is 0 Å². The number of amides is 1. The van der Waals surface area contributed by atoms with Gasteiger partial charge in [-0.2, -0.15) is 0 Å². The van der Waals surface area contributed by atoms with E-state index in [4.69, 9.17) is 9.47 Å². The number of hydrogen-bond donors (Lipinski definition) is 0. The Labute approximate surface area is 147 Å². The topological polar surface area (TPSA) is 72.9 Å². The van der Waals surface area contributed by atoms with Crippen LogP contribution in [-0.4, -0.2) is 49.0 Å². The van der Waals surface area contributed by atoms with Crippen molar-refractivity contribution < 1.29 is 23.9 Å². The lowest BCUT2D eigenvalue weighted by Crippen LogP contribution is -2.42. The second-order valence-electron chi connectivity index (χ2n) is 5.76. The van der Waals surface area contributed by atoms with Crippen LogP contribution in [0.25, 0.3) is 6.08 Å². The molecule has 0 unspecified atom stereocenters. The monoisotopic (exact) mass is 345 g/mol. The Morgan fingerprint density at radius 1 is 1.12 bits per heavy atom. The molecule has 0 bridgehead atoms. The SMILES string of the molecule is CCOC(=O)C1CCN(C(=O)COC(=O)C=Cc2ccccc2)CC1. The van der Waals surface area contributed by atoms with Gasteiger partial charge in [0.05, 0.1) is 12.5 Å². The van der Waals surface area contributed by atoms with E-state index in [1.807, 2.05) is 30.3 Å².